The Kier molecular flexibility index (Phi) is 7.62. The smallest absolute Gasteiger partial charge is 0.451 e. The molecule has 1 aromatic carbocycles. The number of ether oxygens (including phenoxy) is 1. The van der Waals surface area contributed by atoms with E-state index in [1.807, 2.05) is 0 Å². The monoisotopic (exact) mass is 449 g/mol. The van der Waals surface area contributed by atoms with E-state index < -0.39 is 29.4 Å². The normalized spacial score (nSPS) is 12.9. The van der Waals surface area contributed by atoms with Crippen LogP contribution in [0.5, 0.6) is 0 Å². The molecule has 1 aromatic heterocycles. The van der Waals surface area contributed by atoms with Crippen molar-refractivity contribution in [1.29, 1.82) is 0 Å². The molecule has 0 unspecified atom stereocenters. The largest absolute Gasteiger partial charge is 0.509 e. The first kappa shape index (κ1) is 22.7. The maximum atomic E-state index is 12.8. The van der Waals surface area contributed by atoms with Crippen molar-refractivity contribution in [2.75, 3.05) is 12.4 Å². The zero-order valence-corrected chi connectivity index (χ0v) is 16.7. The fourth-order valence-electron chi connectivity index (χ4n) is 1.94. The van der Waals surface area contributed by atoms with Gasteiger partial charge in [-0.1, -0.05) is 35.5 Å². The van der Waals surface area contributed by atoms with E-state index in [0.717, 1.165) is 23.4 Å². The Hall–Kier alpha value is -2.60. The summed E-state index contributed by atoms with van der Waals surface area (Å²) in [5, 5.41) is 24.5. The Labute approximate surface area is 172 Å². The van der Waals surface area contributed by atoms with E-state index in [1.54, 1.807) is 31.2 Å². The Morgan fingerprint density at radius 3 is 2.62 bits per heavy atom. The molecule has 0 saturated heterocycles. The summed E-state index contributed by atoms with van der Waals surface area (Å²) in [4.78, 5) is 12.1. The second-order valence-corrected chi connectivity index (χ2v) is 6.67. The number of azo groups is 1. The third-order valence-electron chi connectivity index (χ3n) is 3.28. The number of esters is 1. The molecule has 1 N–H and O–H groups in total. The van der Waals surface area contributed by atoms with Gasteiger partial charge in [-0.2, -0.15) is 13.2 Å². The number of aliphatic hydroxyl groups is 1. The first-order valence-corrected chi connectivity index (χ1v) is 9.36. The fourth-order valence-corrected chi connectivity index (χ4v) is 2.90. The van der Waals surface area contributed by atoms with Crippen molar-refractivity contribution in [2.45, 2.75) is 18.3 Å². The zero-order valence-electron chi connectivity index (χ0n) is 15.1. The van der Waals surface area contributed by atoms with Gasteiger partial charge in [0.15, 0.2) is 5.16 Å². The highest BCUT2D eigenvalue weighted by molar-refractivity contribution is 7.99. The summed E-state index contributed by atoms with van der Waals surface area (Å²) < 4.78 is 43.9. The topological polar surface area (TPSA) is 102 Å². The van der Waals surface area contributed by atoms with Crippen LogP contribution in [0.25, 0.3) is 0 Å². The molecule has 13 heteroatoms. The Bertz CT molecular complexity index is 946. The van der Waals surface area contributed by atoms with E-state index in [9.17, 15) is 23.1 Å². The molecule has 0 bridgehead atoms. The van der Waals surface area contributed by atoms with Crippen LogP contribution >= 0.6 is 23.4 Å². The maximum absolute atomic E-state index is 12.8. The summed E-state index contributed by atoms with van der Waals surface area (Å²) >= 11 is 6.69. The summed E-state index contributed by atoms with van der Waals surface area (Å²) in [7, 11) is 1.13. The third kappa shape index (κ3) is 5.94. The standard InChI is InChI=1S/C16H15ClF3N5O3S/c1-3-28-13(27)12(22-21-10-7-5-4-6-9(10)17)11(26)8-29-15-24-23-14(25(15)2)16(18,19)20/h4-7,26H,3,8H2,1-2H3/b12-11-,22-21?. The summed E-state index contributed by atoms with van der Waals surface area (Å²) in [5.74, 6) is -3.01. The first-order chi connectivity index (χ1) is 13.6. The van der Waals surface area contributed by atoms with Gasteiger partial charge in [-0.3, -0.25) is 0 Å². The van der Waals surface area contributed by atoms with Crippen LogP contribution in [0.4, 0.5) is 18.9 Å². The van der Waals surface area contributed by atoms with E-state index in [4.69, 9.17) is 16.3 Å². The minimum absolute atomic E-state index is 0.0165. The summed E-state index contributed by atoms with van der Waals surface area (Å²) in [6.07, 6.45) is -4.67. The van der Waals surface area contributed by atoms with E-state index in [0.29, 0.717) is 0 Å². The molecule has 0 atom stereocenters. The van der Waals surface area contributed by atoms with Crippen LogP contribution in [0.3, 0.4) is 0 Å². The highest BCUT2D eigenvalue weighted by Crippen LogP contribution is 2.30. The van der Waals surface area contributed by atoms with E-state index in [2.05, 4.69) is 20.4 Å². The van der Waals surface area contributed by atoms with Crippen molar-refractivity contribution in [3.8, 4) is 0 Å². The predicted octanol–water partition coefficient (Wildman–Crippen LogP) is 4.70. The summed E-state index contributed by atoms with van der Waals surface area (Å²) in [5.41, 5.74) is -0.253. The van der Waals surface area contributed by atoms with Gasteiger partial charge in [0.1, 0.15) is 11.4 Å². The highest BCUT2D eigenvalue weighted by Gasteiger charge is 2.37. The lowest BCUT2D eigenvalue weighted by molar-refractivity contribution is -0.147. The Morgan fingerprint density at radius 1 is 1.34 bits per heavy atom. The van der Waals surface area contributed by atoms with Crippen molar-refractivity contribution >= 4 is 35.0 Å². The highest BCUT2D eigenvalue weighted by atomic mass is 35.5. The van der Waals surface area contributed by atoms with Gasteiger partial charge in [-0.15, -0.1) is 20.4 Å². The number of carbonyl (C=O) groups is 1. The van der Waals surface area contributed by atoms with Gasteiger partial charge in [0.25, 0.3) is 0 Å². The number of hydrogen-bond acceptors (Lipinski definition) is 8. The molecular weight excluding hydrogens is 435 g/mol. The second-order valence-electron chi connectivity index (χ2n) is 5.32. The van der Waals surface area contributed by atoms with Crippen LogP contribution in [0, 0.1) is 0 Å². The quantitative estimate of drug-likeness (QED) is 0.216. The van der Waals surface area contributed by atoms with Crippen LogP contribution in [0.2, 0.25) is 5.02 Å². The van der Waals surface area contributed by atoms with Crippen LogP contribution in [-0.4, -0.2) is 38.2 Å². The second kappa shape index (κ2) is 9.74. The molecule has 1 heterocycles. The van der Waals surface area contributed by atoms with Gasteiger partial charge in [0.2, 0.25) is 11.5 Å². The molecule has 2 aromatic rings. The van der Waals surface area contributed by atoms with Gasteiger partial charge in [-0.05, 0) is 19.1 Å². The number of alkyl halides is 3. The molecule has 8 nitrogen and oxygen atoms in total. The van der Waals surface area contributed by atoms with Crippen LogP contribution in [-0.2, 0) is 22.8 Å². The molecule has 0 fully saturated rings. The van der Waals surface area contributed by atoms with Gasteiger partial charge < -0.3 is 14.4 Å². The van der Waals surface area contributed by atoms with Gasteiger partial charge in [-0.25, -0.2) is 4.79 Å². The van der Waals surface area contributed by atoms with Gasteiger partial charge in [0, 0.05) is 7.05 Å². The maximum Gasteiger partial charge on any atom is 0.451 e. The number of thioether (sulfide) groups is 1. The van der Waals surface area contributed by atoms with E-state index in [1.165, 1.54) is 0 Å². The van der Waals surface area contributed by atoms with Crippen molar-refractivity contribution in [1.82, 2.24) is 14.8 Å². The predicted molar refractivity (Wildman–Crippen MR) is 99.0 cm³/mol. The number of rotatable bonds is 7. The number of hydrogen-bond donors (Lipinski definition) is 1. The lowest BCUT2D eigenvalue weighted by Gasteiger charge is -2.07. The SMILES string of the molecule is CCOC(=O)/C(N=Nc1ccccc1Cl)=C(/O)CSc1nnc(C(F)(F)F)n1C. The molecule has 0 amide bonds. The Morgan fingerprint density at radius 2 is 2.03 bits per heavy atom. The number of nitrogens with zero attached hydrogens (tertiary/aromatic N) is 5. The molecule has 0 spiro atoms. The molecule has 29 heavy (non-hydrogen) atoms. The molecule has 0 aliphatic carbocycles. The van der Waals surface area contributed by atoms with E-state index >= 15 is 0 Å². The number of carbonyl (C=O) groups excluding carboxylic acids is 1. The molecule has 156 valence electrons. The molecule has 0 radical (unpaired) electrons. The van der Waals surface area contributed by atoms with Crippen molar-refractivity contribution in [2.24, 2.45) is 17.3 Å². The fraction of sp³-hybridized carbons (Fsp3) is 0.312. The number of halogens is 4. The minimum Gasteiger partial charge on any atom is -0.509 e. The summed E-state index contributed by atoms with van der Waals surface area (Å²) in [6.45, 7) is 1.58. The van der Waals surface area contributed by atoms with Crippen molar-refractivity contribution in [3.63, 3.8) is 0 Å². The van der Waals surface area contributed by atoms with E-state index in [-0.39, 0.29) is 28.2 Å². The molecule has 2 rings (SSSR count). The lowest BCUT2D eigenvalue weighted by atomic mass is 10.3. The van der Waals surface area contributed by atoms with Gasteiger partial charge >= 0.3 is 12.1 Å². The van der Waals surface area contributed by atoms with Crippen molar-refractivity contribution in [3.05, 3.63) is 46.6 Å². The molecular formula is C16H15ClF3N5O3S. The lowest BCUT2D eigenvalue weighted by Crippen LogP contribution is -2.13. The molecule has 0 saturated carbocycles. The molecule has 0 aliphatic rings. The van der Waals surface area contributed by atoms with Gasteiger partial charge in [0.05, 0.1) is 17.4 Å². The average Bonchev–Trinajstić information content (AvgIpc) is 3.02. The number of aromatic nitrogens is 3. The van der Waals surface area contributed by atoms with Crippen LogP contribution in [0.15, 0.2) is 51.1 Å². The summed E-state index contributed by atoms with van der Waals surface area (Å²) in [6, 6.07) is 6.42. The number of benzene rings is 1. The number of aliphatic hydroxyl groups excluding tert-OH is 1. The Balaban J connectivity index is 2.26. The molecule has 0 aliphatic heterocycles. The zero-order chi connectivity index (χ0) is 21.6. The minimum atomic E-state index is -4.67. The van der Waals surface area contributed by atoms with Crippen LogP contribution < -0.4 is 0 Å². The van der Waals surface area contributed by atoms with Crippen LogP contribution in [0.1, 0.15) is 12.7 Å². The average molecular weight is 450 g/mol. The third-order valence-corrected chi connectivity index (χ3v) is 4.63. The first-order valence-electron chi connectivity index (χ1n) is 8.00. The van der Waals surface area contributed by atoms with Crippen molar-refractivity contribution < 1.29 is 27.8 Å².